The Hall–Kier alpha value is -2.45. The molecule has 26 heavy (non-hydrogen) atoms. The highest BCUT2D eigenvalue weighted by atomic mass is 32.1. The summed E-state index contributed by atoms with van der Waals surface area (Å²) in [5.74, 6) is 0.547. The summed E-state index contributed by atoms with van der Waals surface area (Å²) in [5.41, 5.74) is 7.46. The molecule has 0 aliphatic heterocycles. The Morgan fingerprint density at radius 3 is 2.77 bits per heavy atom. The molecule has 134 valence electrons. The van der Waals surface area contributed by atoms with Crippen molar-refractivity contribution in [1.29, 1.82) is 0 Å². The lowest BCUT2D eigenvalue weighted by atomic mass is 9.86. The molecule has 3 aromatic heterocycles. The number of anilines is 1. The molecule has 3 aromatic rings. The van der Waals surface area contributed by atoms with E-state index in [0.717, 1.165) is 52.3 Å². The summed E-state index contributed by atoms with van der Waals surface area (Å²) >= 11 is 1.50. The Balaban J connectivity index is 1.55. The normalized spacial score (nSPS) is 20.2. The minimum atomic E-state index is 0.0101. The van der Waals surface area contributed by atoms with Gasteiger partial charge < -0.3 is 11.1 Å². The molecule has 8 heteroatoms. The summed E-state index contributed by atoms with van der Waals surface area (Å²) in [6.45, 7) is 1.91. The Bertz CT molecular complexity index is 948. The van der Waals surface area contributed by atoms with Crippen molar-refractivity contribution in [2.75, 3.05) is 5.32 Å². The smallest absolute Gasteiger partial charge is 0.228 e. The Morgan fingerprint density at radius 2 is 2.04 bits per heavy atom. The van der Waals surface area contributed by atoms with Gasteiger partial charge in [0.1, 0.15) is 16.5 Å². The SMILES string of the molecule is Cc1nnc(-c2ccc3cnc(NC(=O)C4CCC(N)CC4)cc3n2)s1. The quantitative estimate of drug-likeness (QED) is 0.736. The van der Waals surface area contributed by atoms with Crippen LogP contribution in [0.3, 0.4) is 0 Å². The van der Waals surface area contributed by atoms with Gasteiger partial charge in [0.15, 0.2) is 5.01 Å². The van der Waals surface area contributed by atoms with Crippen LogP contribution in [-0.4, -0.2) is 32.1 Å². The van der Waals surface area contributed by atoms with Crippen LogP contribution in [0.2, 0.25) is 0 Å². The number of aromatic nitrogens is 4. The predicted molar refractivity (Wildman–Crippen MR) is 102 cm³/mol. The van der Waals surface area contributed by atoms with E-state index in [0.29, 0.717) is 5.82 Å². The topological polar surface area (TPSA) is 107 Å². The molecular formula is C18H20N6OS. The molecule has 4 rings (SSSR count). The van der Waals surface area contributed by atoms with Crippen molar-refractivity contribution in [1.82, 2.24) is 20.2 Å². The number of fused-ring (bicyclic) bond motifs is 1. The third kappa shape index (κ3) is 3.56. The molecule has 3 heterocycles. The van der Waals surface area contributed by atoms with E-state index in [9.17, 15) is 4.79 Å². The number of aryl methyl sites for hydroxylation is 1. The van der Waals surface area contributed by atoms with E-state index in [1.54, 1.807) is 12.3 Å². The van der Waals surface area contributed by atoms with Crippen molar-refractivity contribution in [3.8, 4) is 10.7 Å². The number of hydrogen-bond donors (Lipinski definition) is 2. The zero-order valence-electron chi connectivity index (χ0n) is 14.5. The number of nitrogens with two attached hydrogens (primary N) is 1. The summed E-state index contributed by atoms with van der Waals surface area (Å²) in [6, 6.07) is 5.90. The largest absolute Gasteiger partial charge is 0.328 e. The standard InChI is InChI=1S/C18H20N6OS/c1-10-23-24-18(26-10)14-7-4-12-9-20-16(8-15(12)21-14)22-17(25)11-2-5-13(19)6-3-11/h4,7-9,11,13H,2-3,5-6,19H2,1H3,(H,20,22,25). The van der Waals surface area contributed by atoms with Gasteiger partial charge in [-0.1, -0.05) is 11.3 Å². The van der Waals surface area contributed by atoms with Crippen LogP contribution in [0.25, 0.3) is 21.6 Å². The summed E-state index contributed by atoms with van der Waals surface area (Å²) < 4.78 is 0. The van der Waals surface area contributed by atoms with Gasteiger partial charge in [-0.2, -0.15) is 0 Å². The van der Waals surface area contributed by atoms with E-state index in [1.807, 2.05) is 19.1 Å². The minimum Gasteiger partial charge on any atom is -0.328 e. The first kappa shape index (κ1) is 17.0. The number of rotatable bonds is 3. The van der Waals surface area contributed by atoms with Gasteiger partial charge in [-0.05, 0) is 44.7 Å². The van der Waals surface area contributed by atoms with Crippen LogP contribution in [0.1, 0.15) is 30.7 Å². The van der Waals surface area contributed by atoms with Gasteiger partial charge in [-0.3, -0.25) is 4.79 Å². The summed E-state index contributed by atoms with van der Waals surface area (Å²) in [6.07, 6.45) is 5.19. The third-order valence-corrected chi connectivity index (χ3v) is 5.57. The zero-order chi connectivity index (χ0) is 18.1. The highest BCUT2D eigenvalue weighted by Gasteiger charge is 2.24. The minimum absolute atomic E-state index is 0.0101. The molecule has 1 fully saturated rings. The maximum Gasteiger partial charge on any atom is 0.228 e. The first-order chi connectivity index (χ1) is 12.6. The first-order valence-electron chi connectivity index (χ1n) is 8.72. The third-order valence-electron chi connectivity index (χ3n) is 4.71. The van der Waals surface area contributed by atoms with Crippen molar-refractivity contribution >= 4 is 34.0 Å². The second kappa shape index (κ2) is 7.05. The molecule has 1 saturated carbocycles. The van der Waals surface area contributed by atoms with Crippen molar-refractivity contribution in [2.24, 2.45) is 11.7 Å². The highest BCUT2D eigenvalue weighted by molar-refractivity contribution is 7.14. The van der Waals surface area contributed by atoms with E-state index in [1.165, 1.54) is 11.3 Å². The van der Waals surface area contributed by atoms with Gasteiger partial charge >= 0.3 is 0 Å². The molecule has 0 aromatic carbocycles. The van der Waals surface area contributed by atoms with Crippen molar-refractivity contribution in [3.05, 3.63) is 29.4 Å². The molecule has 0 bridgehead atoms. The number of carbonyl (C=O) groups is 1. The molecule has 1 aliphatic rings. The average molecular weight is 368 g/mol. The van der Waals surface area contributed by atoms with Crippen LogP contribution in [0.15, 0.2) is 24.4 Å². The second-order valence-corrected chi connectivity index (χ2v) is 7.87. The first-order valence-corrected chi connectivity index (χ1v) is 9.54. The number of carbonyl (C=O) groups excluding carboxylic acids is 1. The van der Waals surface area contributed by atoms with E-state index < -0.39 is 0 Å². The van der Waals surface area contributed by atoms with Crippen molar-refractivity contribution < 1.29 is 4.79 Å². The lowest BCUT2D eigenvalue weighted by Gasteiger charge is -2.24. The van der Waals surface area contributed by atoms with E-state index in [2.05, 4.69) is 25.5 Å². The van der Waals surface area contributed by atoms with Gasteiger partial charge in [-0.25, -0.2) is 9.97 Å². The predicted octanol–water partition coefficient (Wildman–Crippen LogP) is 2.91. The molecule has 1 aliphatic carbocycles. The summed E-state index contributed by atoms with van der Waals surface area (Å²) in [5, 5.41) is 13.7. The lowest BCUT2D eigenvalue weighted by molar-refractivity contribution is -0.120. The van der Waals surface area contributed by atoms with Gasteiger partial charge in [0.2, 0.25) is 5.91 Å². The van der Waals surface area contributed by atoms with Crippen molar-refractivity contribution in [3.63, 3.8) is 0 Å². The Kier molecular flexibility index (Phi) is 4.60. The number of pyridine rings is 2. The fraction of sp³-hybridized carbons (Fsp3) is 0.389. The monoisotopic (exact) mass is 368 g/mol. The number of nitrogens with zero attached hydrogens (tertiary/aromatic N) is 4. The number of amides is 1. The maximum absolute atomic E-state index is 12.5. The van der Waals surface area contributed by atoms with E-state index in [-0.39, 0.29) is 17.9 Å². The second-order valence-electron chi connectivity index (χ2n) is 6.69. The van der Waals surface area contributed by atoms with Crippen LogP contribution in [0.4, 0.5) is 5.82 Å². The number of nitrogens with one attached hydrogen (secondary N) is 1. The molecule has 0 saturated heterocycles. The molecule has 0 atom stereocenters. The van der Waals surface area contributed by atoms with Gasteiger partial charge in [0.25, 0.3) is 0 Å². The molecule has 3 N–H and O–H groups in total. The average Bonchev–Trinajstić information content (AvgIpc) is 3.08. The Labute approximate surface area is 155 Å². The van der Waals surface area contributed by atoms with E-state index in [4.69, 9.17) is 5.73 Å². The molecule has 0 radical (unpaired) electrons. The van der Waals surface area contributed by atoms with Crippen LogP contribution in [-0.2, 0) is 4.79 Å². The summed E-state index contributed by atoms with van der Waals surface area (Å²) in [4.78, 5) is 21.5. The van der Waals surface area contributed by atoms with Crippen LogP contribution >= 0.6 is 11.3 Å². The van der Waals surface area contributed by atoms with Crippen LogP contribution < -0.4 is 11.1 Å². The molecule has 0 spiro atoms. The molecule has 1 amide bonds. The van der Waals surface area contributed by atoms with E-state index >= 15 is 0 Å². The molecule has 0 unspecified atom stereocenters. The zero-order valence-corrected chi connectivity index (χ0v) is 15.3. The van der Waals surface area contributed by atoms with Gasteiger partial charge in [0.05, 0.1) is 5.52 Å². The fourth-order valence-corrected chi connectivity index (χ4v) is 3.87. The molecular weight excluding hydrogens is 348 g/mol. The highest BCUT2D eigenvalue weighted by Crippen LogP contribution is 2.26. The van der Waals surface area contributed by atoms with Crippen LogP contribution in [0.5, 0.6) is 0 Å². The Morgan fingerprint density at radius 1 is 1.23 bits per heavy atom. The molecule has 7 nitrogen and oxygen atoms in total. The van der Waals surface area contributed by atoms with Crippen LogP contribution in [0, 0.1) is 12.8 Å². The fourth-order valence-electron chi connectivity index (χ4n) is 3.21. The number of hydrogen-bond acceptors (Lipinski definition) is 7. The summed E-state index contributed by atoms with van der Waals surface area (Å²) in [7, 11) is 0. The lowest BCUT2D eigenvalue weighted by Crippen LogP contribution is -2.32. The van der Waals surface area contributed by atoms with Crippen molar-refractivity contribution in [2.45, 2.75) is 38.6 Å². The maximum atomic E-state index is 12.5. The van der Waals surface area contributed by atoms with Gasteiger partial charge in [0, 0.05) is 29.6 Å². The van der Waals surface area contributed by atoms with Gasteiger partial charge in [-0.15, -0.1) is 10.2 Å².